The van der Waals surface area contributed by atoms with Crippen LogP contribution in [0.5, 0.6) is 0 Å². The summed E-state index contributed by atoms with van der Waals surface area (Å²) >= 11 is 0. The predicted molar refractivity (Wildman–Crippen MR) is 39.8 cm³/mol. The van der Waals surface area contributed by atoms with Gasteiger partial charge in [0.15, 0.2) is 0 Å². The largest absolute Gasteiger partial charge is 0.412 e. The van der Waals surface area contributed by atoms with Gasteiger partial charge in [0.1, 0.15) is 11.7 Å². The van der Waals surface area contributed by atoms with Crippen LogP contribution in [0, 0.1) is 0 Å². The molecule has 2 rings (SSSR count). The van der Waals surface area contributed by atoms with E-state index in [1.54, 1.807) is 0 Å². The Morgan fingerprint density at radius 1 is 1.60 bits per heavy atom. The van der Waals surface area contributed by atoms with E-state index in [0.717, 1.165) is 0 Å². The van der Waals surface area contributed by atoms with Gasteiger partial charge < -0.3 is 10.2 Å². The van der Waals surface area contributed by atoms with Gasteiger partial charge in [-0.25, -0.2) is 0 Å². The molecule has 0 aromatic rings. The van der Waals surface area contributed by atoms with E-state index in [1.807, 2.05) is 0 Å². The summed E-state index contributed by atoms with van der Waals surface area (Å²) in [5, 5.41) is 0. The Kier molecular flexibility index (Phi) is 1.46. The normalized spacial score (nSPS) is 41.4. The van der Waals surface area contributed by atoms with Crippen LogP contribution in [-0.2, 0) is 4.74 Å². The van der Waals surface area contributed by atoms with Crippen LogP contribution in [0.4, 0.5) is 0 Å². The minimum absolute atomic E-state index is 0. The minimum atomic E-state index is 0. The summed E-state index contributed by atoms with van der Waals surface area (Å²) in [4.78, 5) is 0. The van der Waals surface area contributed by atoms with E-state index in [9.17, 15) is 0 Å². The van der Waals surface area contributed by atoms with Crippen molar-refractivity contribution in [1.29, 1.82) is 0 Å². The fraction of sp³-hybridized carbons (Fsp3) is 0.500. The molecular formula is C8H12O2. The van der Waals surface area contributed by atoms with Crippen molar-refractivity contribution < 1.29 is 10.2 Å². The second-order valence-corrected chi connectivity index (χ2v) is 2.97. The van der Waals surface area contributed by atoms with Crippen molar-refractivity contribution in [2.45, 2.75) is 25.6 Å². The van der Waals surface area contributed by atoms with E-state index >= 15 is 0 Å². The van der Waals surface area contributed by atoms with Crippen LogP contribution in [0.1, 0.15) is 13.8 Å². The van der Waals surface area contributed by atoms with Gasteiger partial charge in [0, 0.05) is 0 Å². The molecule has 0 aromatic carbocycles. The van der Waals surface area contributed by atoms with Crippen LogP contribution < -0.4 is 0 Å². The number of rotatable bonds is 0. The number of allylic oxidation sites excluding steroid dienone is 2. The highest BCUT2D eigenvalue weighted by Crippen LogP contribution is 2.41. The van der Waals surface area contributed by atoms with Gasteiger partial charge in [-0.15, -0.1) is 0 Å². The number of hydrogen-bond donors (Lipinski definition) is 0. The molecule has 10 heavy (non-hydrogen) atoms. The molecule has 2 N–H and O–H groups in total. The Morgan fingerprint density at radius 3 is 2.80 bits per heavy atom. The maximum Gasteiger partial charge on any atom is 0.114 e. The van der Waals surface area contributed by atoms with Gasteiger partial charge in [0.05, 0.1) is 0 Å². The second kappa shape index (κ2) is 1.94. The zero-order valence-electron chi connectivity index (χ0n) is 6.22. The van der Waals surface area contributed by atoms with E-state index < -0.39 is 0 Å². The van der Waals surface area contributed by atoms with Crippen molar-refractivity contribution in [3.8, 4) is 0 Å². The van der Waals surface area contributed by atoms with Crippen LogP contribution in [-0.4, -0.2) is 17.2 Å². The van der Waals surface area contributed by atoms with Gasteiger partial charge in [0.25, 0.3) is 0 Å². The molecule has 2 nitrogen and oxygen atoms in total. The maximum atomic E-state index is 5.37. The molecule has 1 saturated heterocycles. The third kappa shape index (κ3) is 0.895. The van der Waals surface area contributed by atoms with Crippen LogP contribution in [0.3, 0.4) is 0 Å². The summed E-state index contributed by atoms with van der Waals surface area (Å²) < 4.78 is 5.37. The van der Waals surface area contributed by atoms with Crippen molar-refractivity contribution in [2.75, 3.05) is 0 Å². The zero-order valence-corrected chi connectivity index (χ0v) is 6.22. The maximum absolute atomic E-state index is 5.37. The van der Waals surface area contributed by atoms with Crippen LogP contribution in [0.2, 0.25) is 0 Å². The fourth-order valence-corrected chi connectivity index (χ4v) is 1.16. The highest BCUT2D eigenvalue weighted by Gasteiger charge is 2.49. The molecule has 1 heterocycles. The van der Waals surface area contributed by atoms with Gasteiger partial charge in [0.2, 0.25) is 0 Å². The Hall–Kier alpha value is -0.600. The number of epoxide rings is 1. The summed E-state index contributed by atoms with van der Waals surface area (Å²) in [5.41, 5.74) is 1.38. The molecule has 2 unspecified atom stereocenters. The highest BCUT2D eigenvalue weighted by atomic mass is 16.6. The van der Waals surface area contributed by atoms with Crippen molar-refractivity contribution in [2.24, 2.45) is 0 Å². The average Bonchev–Trinajstić information content (AvgIpc) is 2.41. The first kappa shape index (κ1) is 7.51. The fourth-order valence-electron chi connectivity index (χ4n) is 1.16. The van der Waals surface area contributed by atoms with Crippen LogP contribution >= 0.6 is 0 Å². The molecule has 0 spiro atoms. The molecule has 1 aliphatic carbocycles. The summed E-state index contributed by atoms with van der Waals surface area (Å²) in [7, 11) is 0. The minimum Gasteiger partial charge on any atom is -0.412 e. The molecule has 1 fully saturated rings. The summed E-state index contributed by atoms with van der Waals surface area (Å²) in [5.74, 6) is 0. The molecule has 0 radical (unpaired) electrons. The third-order valence-electron chi connectivity index (χ3n) is 1.98. The van der Waals surface area contributed by atoms with Gasteiger partial charge in [-0.05, 0) is 26.0 Å². The molecule has 1 aliphatic heterocycles. The first-order chi connectivity index (χ1) is 4.21. The standard InChI is InChI=1S/C8H10O.H2O/c1-6-3-4-8(2)7(5-6)9-8;/h3-5,7H,1-2H3;1H2. The van der Waals surface area contributed by atoms with Crippen LogP contribution in [0.15, 0.2) is 23.8 Å². The second-order valence-electron chi connectivity index (χ2n) is 2.97. The Labute approximate surface area is 60.5 Å². The molecule has 0 amide bonds. The molecule has 2 heteroatoms. The number of hydrogen-bond acceptors (Lipinski definition) is 1. The van der Waals surface area contributed by atoms with E-state index in [-0.39, 0.29) is 11.1 Å². The Morgan fingerprint density at radius 2 is 2.30 bits per heavy atom. The van der Waals surface area contributed by atoms with Gasteiger partial charge in [-0.3, -0.25) is 0 Å². The number of ether oxygens (including phenoxy) is 1. The van der Waals surface area contributed by atoms with Gasteiger partial charge in [-0.1, -0.05) is 11.6 Å². The number of fused-ring (bicyclic) bond motifs is 1. The molecule has 56 valence electrons. The first-order valence-corrected chi connectivity index (χ1v) is 3.26. The summed E-state index contributed by atoms with van der Waals surface area (Å²) in [6, 6.07) is 0. The van der Waals surface area contributed by atoms with E-state index in [4.69, 9.17) is 4.74 Å². The lowest BCUT2D eigenvalue weighted by atomic mass is 9.99. The molecular weight excluding hydrogens is 128 g/mol. The van der Waals surface area contributed by atoms with E-state index in [1.165, 1.54) is 5.57 Å². The molecule has 0 bridgehead atoms. The first-order valence-electron chi connectivity index (χ1n) is 3.26. The lowest BCUT2D eigenvalue weighted by Gasteiger charge is -2.01. The van der Waals surface area contributed by atoms with E-state index in [0.29, 0.717) is 6.10 Å². The Bertz CT molecular complexity index is 205. The van der Waals surface area contributed by atoms with Crippen molar-refractivity contribution in [3.05, 3.63) is 23.8 Å². The molecule has 2 atom stereocenters. The zero-order chi connectivity index (χ0) is 6.48. The SMILES string of the molecule is CC1=CC2OC2(C)C=C1.O. The summed E-state index contributed by atoms with van der Waals surface area (Å²) in [6.45, 7) is 4.20. The van der Waals surface area contributed by atoms with Crippen molar-refractivity contribution >= 4 is 0 Å². The quantitative estimate of drug-likeness (QED) is 0.460. The average molecular weight is 140 g/mol. The third-order valence-corrected chi connectivity index (χ3v) is 1.98. The van der Waals surface area contributed by atoms with Crippen molar-refractivity contribution in [1.82, 2.24) is 0 Å². The summed E-state index contributed by atoms with van der Waals surface area (Å²) in [6.07, 6.45) is 6.79. The van der Waals surface area contributed by atoms with Gasteiger partial charge in [-0.2, -0.15) is 0 Å². The topological polar surface area (TPSA) is 44.0 Å². The lowest BCUT2D eigenvalue weighted by molar-refractivity contribution is 0.357. The van der Waals surface area contributed by atoms with Crippen LogP contribution in [0.25, 0.3) is 0 Å². The van der Waals surface area contributed by atoms with Crippen molar-refractivity contribution in [3.63, 3.8) is 0 Å². The van der Waals surface area contributed by atoms with Gasteiger partial charge >= 0.3 is 0 Å². The molecule has 0 aromatic heterocycles. The Balaban J connectivity index is 0.000000500. The predicted octanol–water partition coefficient (Wildman–Crippen LogP) is 0.835. The highest BCUT2D eigenvalue weighted by molar-refractivity contribution is 5.35. The lowest BCUT2D eigenvalue weighted by Crippen LogP contribution is -2.06. The monoisotopic (exact) mass is 140 g/mol. The molecule has 0 saturated carbocycles. The van der Waals surface area contributed by atoms with E-state index in [2.05, 4.69) is 32.1 Å². The smallest absolute Gasteiger partial charge is 0.114 e. The molecule has 2 aliphatic rings.